The van der Waals surface area contributed by atoms with Crippen molar-refractivity contribution in [1.82, 2.24) is 10.2 Å². The number of ether oxygens (including phenoxy) is 3. The summed E-state index contributed by atoms with van der Waals surface area (Å²) in [5.74, 6) is 2.56. The van der Waals surface area contributed by atoms with E-state index in [1.54, 1.807) is 11.9 Å². The van der Waals surface area contributed by atoms with Gasteiger partial charge in [-0.3, -0.25) is 0 Å². The minimum absolute atomic E-state index is 0.116. The van der Waals surface area contributed by atoms with Gasteiger partial charge in [0.05, 0.1) is 25.9 Å². The second kappa shape index (κ2) is 10.2. The number of carbonyl (C=O) groups is 1. The highest BCUT2D eigenvalue weighted by Crippen LogP contribution is 2.34. The fourth-order valence-electron chi connectivity index (χ4n) is 3.45. The first-order valence-corrected chi connectivity index (χ1v) is 10.6. The second-order valence-corrected chi connectivity index (χ2v) is 7.86. The zero-order valence-electron chi connectivity index (χ0n) is 18.3. The molecule has 0 unspecified atom stereocenters. The van der Waals surface area contributed by atoms with Crippen LogP contribution in [0.5, 0.6) is 17.2 Å². The lowest BCUT2D eigenvalue weighted by Gasteiger charge is -2.27. The summed E-state index contributed by atoms with van der Waals surface area (Å²) in [6.07, 6.45) is 0.866. The Morgan fingerprint density at radius 2 is 1.80 bits per heavy atom. The zero-order chi connectivity index (χ0) is 21.5. The number of hydrogen-bond acceptors (Lipinski definition) is 4. The Morgan fingerprint density at radius 1 is 1.10 bits per heavy atom. The average Bonchev–Trinajstić information content (AvgIpc) is 2.98. The van der Waals surface area contributed by atoms with Crippen LogP contribution in [-0.4, -0.2) is 37.8 Å². The van der Waals surface area contributed by atoms with E-state index in [0.717, 1.165) is 34.8 Å². The number of benzene rings is 2. The molecule has 0 spiro atoms. The van der Waals surface area contributed by atoms with Gasteiger partial charge >= 0.3 is 6.03 Å². The van der Waals surface area contributed by atoms with Gasteiger partial charge in [0.2, 0.25) is 0 Å². The molecule has 0 saturated heterocycles. The minimum Gasteiger partial charge on any atom is -0.494 e. The number of rotatable bonds is 7. The summed E-state index contributed by atoms with van der Waals surface area (Å²) in [5.41, 5.74) is 2.06. The molecule has 2 aromatic rings. The van der Waals surface area contributed by atoms with Crippen molar-refractivity contribution >= 4 is 6.03 Å². The summed E-state index contributed by atoms with van der Waals surface area (Å²) < 4.78 is 17.0. The van der Waals surface area contributed by atoms with Crippen molar-refractivity contribution in [3.63, 3.8) is 0 Å². The van der Waals surface area contributed by atoms with E-state index < -0.39 is 0 Å². The lowest BCUT2D eigenvalue weighted by Crippen LogP contribution is -2.40. The first-order chi connectivity index (χ1) is 14.5. The van der Waals surface area contributed by atoms with E-state index in [2.05, 4.69) is 19.2 Å². The third-order valence-corrected chi connectivity index (χ3v) is 5.08. The summed E-state index contributed by atoms with van der Waals surface area (Å²) in [4.78, 5) is 14.6. The number of amides is 2. The van der Waals surface area contributed by atoms with Crippen LogP contribution in [0.25, 0.3) is 0 Å². The van der Waals surface area contributed by atoms with Gasteiger partial charge in [0, 0.05) is 20.0 Å². The monoisotopic (exact) mass is 412 g/mol. The molecule has 0 saturated carbocycles. The van der Waals surface area contributed by atoms with Crippen molar-refractivity contribution < 1.29 is 19.0 Å². The van der Waals surface area contributed by atoms with Crippen LogP contribution in [0.2, 0.25) is 0 Å². The molecule has 0 fully saturated rings. The molecule has 0 bridgehead atoms. The molecule has 2 aromatic carbocycles. The normalized spacial score (nSPS) is 14.0. The molecule has 1 atom stereocenters. The molecule has 0 radical (unpaired) electrons. The van der Waals surface area contributed by atoms with Crippen molar-refractivity contribution in [3.8, 4) is 17.2 Å². The van der Waals surface area contributed by atoms with Crippen molar-refractivity contribution in [2.45, 2.75) is 39.8 Å². The van der Waals surface area contributed by atoms with Crippen molar-refractivity contribution in [2.24, 2.45) is 5.92 Å². The van der Waals surface area contributed by atoms with Gasteiger partial charge < -0.3 is 24.4 Å². The van der Waals surface area contributed by atoms with Gasteiger partial charge in [-0.25, -0.2) is 4.79 Å². The zero-order valence-corrected chi connectivity index (χ0v) is 18.3. The molecule has 1 aliphatic rings. The maximum Gasteiger partial charge on any atom is 0.317 e. The Balaban J connectivity index is 1.67. The van der Waals surface area contributed by atoms with E-state index >= 15 is 0 Å². The molecule has 1 N–H and O–H groups in total. The maximum atomic E-state index is 12.9. The molecule has 2 amide bonds. The molecule has 1 aliphatic heterocycles. The van der Waals surface area contributed by atoms with Crippen molar-refractivity contribution in [1.29, 1.82) is 0 Å². The lowest BCUT2D eigenvalue weighted by atomic mass is 9.95. The fourth-order valence-corrected chi connectivity index (χ4v) is 3.45. The number of hydrogen-bond donors (Lipinski definition) is 1. The number of nitrogens with zero attached hydrogens (tertiary/aromatic N) is 1. The van der Waals surface area contributed by atoms with Crippen LogP contribution in [0.1, 0.15) is 44.4 Å². The van der Waals surface area contributed by atoms with Gasteiger partial charge in [-0.15, -0.1) is 0 Å². The maximum absolute atomic E-state index is 12.9. The standard InChI is InChI=1S/C24H32N2O4/c1-5-28-20-10-7-18(8-11-20)16-26(4)24(27)25-23(17(2)3)19-9-12-21-22(15-19)30-14-6-13-29-21/h7-12,15,17,23H,5-6,13-14,16H2,1-4H3,(H,25,27)/t23-/m1/s1. The molecule has 3 rings (SSSR count). The van der Waals surface area contributed by atoms with Crippen LogP contribution < -0.4 is 19.5 Å². The van der Waals surface area contributed by atoms with Crippen LogP contribution in [0, 0.1) is 5.92 Å². The van der Waals surface area contributed by atoms with Crippen LogP contribution in [-0.2, 0) is 6.54 Å². The number of urea groups is 1. The first-order valence-electron chi connectivity index (χ1n) is 10.6. The summed E-state index contributed by atoms with van der Waals surface area (Å²) in [6.45, 7) is 8.61. The Kier molecular flexibility index (Phi) is 7.44. The third-order valence-electron chi connectivity index (χ3n) is 5.08. The van der Waals surface area contributed by atoms with E-state index in [-0.39, 0.29) is 18.0 Å². The van der Waals surface area contributed by atoms with Crippen molar-refractivity contribution in [3.05, 3.63) is 53.6 Å². The van der Waals surface area contributed by atoms with Gasteiger partial charge in [-0.05, 0) is 48.2 Å². The largest absolute Gasteiger partial charge is 0.494 e. The van der Waals surface area contributed by atoms with Crippen LogP contribution >= 0.6 is 0 Å². The molecular formula is C24H32N2O4. The molecule has 0 aliphatic carbocycles. The quantitative estimate of drug-likeness (QED) is 0.711. The summed E-state index contributed by atoms with van der Waals surface area (Å²) in [5, 5.41) is 3.17. The van der Waals surface area contributed by atoms with E-state index in [9.17, 15) is 4.79 Å². The molecule has 6 nitrogen and oxygen atoms in total. The second-order valence-electron chi connectivity index (χ2n) is 7.86. The van der Waals surface area contributed by atoms with Gasteiger partial charge in [-0.1, -0.05) is 32.0 Å². The van der Waals surface area contributed by atoms with Crippen LogP contribution in [0.4, 0.5) is 4.79 Å². The molecule has 1 heterocycles. The van der Waals surface area contributed by atoms with Gasteiger partial charge in [0.25, 0.3) is 0 Å². The lowest BCUT2D eigenvalue weighted by molar-refractivity contribution is 0.198. The Labute approximate surface area is 179 Å². The number of fused-ring (bicyclic) bond motifs is 1. The van der Waals surface area contributed by atoms with Crippen molar-refractivity contribution in [2.75, 3.05) is 26.9 Å². The molecule has 6 heteroatoms. The summed E-state index contributed by atoms with van der Waals surface area (Å²) in [6, 6.07) is 13.5. The Bertz CT molecular complexity index is 836. The minimum atomic E-state index is -0.127. The average molecular weight is 413 g/mol. The van der Waals surface area contributed by atoms with E-state index in [0.29, 0.717) is 26.4 Å². The van der Waals surface area contributed by atoms with Crippen LogP contribution in [0.3, 0.4) is 0 Å². The van der Waals surface area contributed by atoms with Gasteiger partial charge in [-0.2, -0.15) is 0 Å². The Morgan fingerprint density at radius 3 is 2.47 bits per heavy atom. The summed E-state index contributed by atoms with van der Waals surface area (Å²) >= 11 is 0. The first kappa shape index (κ1) is 21.8. The van der Waals surface area contributed by atoms with E-state index in [1.165, 1.54) is 0 Å². The van der Waals surface area contributed by atoms with Gasteiger partial charge in [0.15, 0.2) is 11.5 Å². The summed E-state index contributed by atoms with van der Waals surface area (Å²) in [7, 11) is 1.80. The van der Waals surface area contributed by atoms with Crippen LogP contribution in [0.15, 0.2) is 42.5 Å². The molecule has 0 aromatic heterocycles. The number of carbonyl (C=O) groups excluding carboxylic acids is 1. The predicted octanol–water partition coefficient (Wildman–Crippen LogP) is 4.79. The van der Waals surface area contributed by atoms with E-state index in [4.69, 9.17) is 14.2 Å². The fraction of sp³-hybridized carbons (Fsp3) is 0.458. The third kappa shape index (κ3) is 5.59. The van der Waals surface area contributed by atoms with Gasteiger partial charge in [0.1, 0.15) is 5.75 Å². The highest BCUT2D eigenvalue weighted by molar-refractivity contribution is 5.74. The topological polar surface area (TPSA) is 60.0 Å². The van der Waals surface area contributed by atoms with E-state index in [1.807, 2.05) is 49.4 Å². The highest BCUT2D eigenvalue weighted by atomic mass is 16.5. The SMILES string of the molecule is CCOc1ccc(CN(C)C(=O)N[C@@H](c2ccc3c(c2)OCCCO3)C(C)C)cc1. The molecule has 162 valence electrons. The molecular weight excluding hydrogens is 380 g/mol. The Hall–Kier alpha value is -2.89. The highest BCUT2D eigenvalue weighted by Gasteiger charge is 2.22. The predicted molar refractivity (Wildman–Crippen MR) is 117 cm³/mol. The number of nitrogens with one attached hydrogen (secondary N) is 1. The molecule has 30 heavy (non-hydrogen) atoms. The smallest absolute Gasteiger partial charge is 0.317 e.